The van der Waals surface area contributed by atoms with Gasteiger partial charge in [-0.3, -0.25) is 4.79 Å². The SMILES string of the molecule is Cc1cc(C=NNC(=O)c2cc3c(ccc4ccccc43)o2)c(C)n1C1CCCCC1. The number of hydrazone groups is 1. The van der Waals surface area contributed by atoms with Gasteiger partial charge in [0.25, 0.3) is 0 Å². The van der Waals surface area contributed by atoms with Crippen molar-refractivity contribution in [1.82, 2.24) is 9.99 Å². The molecule has 0 unspecified atom stereocenters. The van der Waals surface area contributed by atoms with Crippen molar-refractivity contribution in [2.24, 2.45) is 5.10 Å². The highest BCUT2D eigenvalue weighted by Crippen LogP contribution is 2.32. The van der Waals surface area contributed by atoms with Crippen LogP contribution in [0.25, 0.3) is 21.7 Å². The first-order chi connectivity index (χ1) is 15.1. The number of fused-ring (bicyclic) bond motifs is 3. The van der Waals surface area contributed by atoms with Crippen LogP contribution in [0.15, 0.2) is 58.0 Å². The Bertz CT molecular complexity index is 1290. The first-order valence-corrected chi connectivity index (χ1v) is 11.0. The number of benzene rings is 2. The Labute approximate surface area is 181 Å². The predicted octanol–water partition coefficient (Wildman–Crippen LogP) is 6.27. The maximum atomic E-state index is 12.6. The van der Waals surface area contributed by atoms with Crippen LogP contribution in [-0.2, 0) is 0 Å². The van der Waals surface area contributed by atoms with E-state index in [0.717, 1.165) is 21.7 Å². The highest BCUT2D eigenvalue weighted by Gasteiger charge is 2.19. The van der Waals surface area contributed by atoms with E-state index in [1.165, 1.54) is 43.5 Å². The van der Waals surface area contributed by atoms with Gasteiger partial charge in [0.15, 0.2) is 5.76 Å². The molecule has 0 spiro atoms. The second kappa shape index (κ2) is 8.06. The number of hydrogen-bond donors (Lipinski definition) is 1. The van der Waals surface area contributed by atoms with E-state index < -0.39 is 0 Å². The van der Waals surface area contributed by atoms with Crippen LogP contribution in [0.4, 0.5) is 0 Å². The topological polar surface area (TPSA) is 59.5 Å². The number of carbonyl (C=O) groups excluding carboxylic acids is 1. The molecule has 0 saturated heterocycles. The third kappa shape index (κ3) is 3.65. The van der Waals surface area contributed by atoms with Crippen molar-refractivity contribution in [2.75, 3.05) is 0 Å². The van der Waals surface area contributed by atoms with Crippen molar-refractivity contribution < 1.29 is 9.21 Å². The Morgan fingerprint density at radius 1 is 1.06 bits per heavy atom. The number of amides is 1. The summed E-state index contributed by atoms with van der Waals surface area (Å²) in [7, 11) is 0. The Morgan fingerprint density at radius 2 is 1.87 bits per heavy atom. The lowest BCUT2D eigenvalue weighted by atomic mass is 9.95. The summed E-state index contributed by atoms with van der Waals surface area (Å²) in [5, 5.41) is 7.34. The van der Waals surface area contributed by atoms with Crippen molar-refractivity contribution in [3.63, 3.8) is 0 Å². The van der Waals surface area contributed by atoms with Crippen LogP contribution in [0.3, 0.4) is 0 Å². The van der Waals surface area contributed by atoms with E-state index in [1.54, 1.807) is 12.3 Å². The van der Waals surface area contributed by atoms with Gasteiger partial charge in [-0.25, -0.2) is 5.43 Å². The zero-order valence-electron chi connectivity index (χ0n) is 18.0. The zero-order valence-corrected chi connectivity index (χ0v) is 18.0. The fourth-order valence-corrected chi connectivity index (χ4v) is 4.95. The van der Waals surface area contributed by atoms with Gasteiger partial charge in [0, 0.05) is 28.4 Å². The molecule has 5 nitrogen and oxygen atoms in total. The minimum absolute atomic E-state index is 0.260. The zero-order chi connectivity index (χ0) is 21.4. The maximum absolute atomic E-state index is 12.6. The Balaban J connectivity index is 1.34. The molecule has 1 saturated carbocycles. The first-order valence-electron chi connectivity index (χ1n) is 11.0. The lowest BCUT2D eigenvalue weighted by molar-refractivity contribution is 0.0929. The molecule has 4 aromatic rings. The molecule has 5 rings (SSSR count). The van der Waals surface area contributed by atoms with Crippen LogP contribution in [0.5, 0.6) is 0 Å². The molecule has 1 aliphatic carbocycles. The van der Waals surface area contributed by atoms with Crippen LogP contribution in [0.1, 0.15) is 65.7 Å². The molecular weight excluding hydrogens is 386 g/mol. The number of rotatable bonds is 4. The van der Waals surface area contributed by atoms with Crippen molar-refractivity contribution >= 4 is 33.9 Å². The molecule has 0 bridgehead atoms. The van der Waals surface area contributed by atoms with Gasteiger partial charge < -0.3 is 8.98 Å². The van der Waals surface area contributed by atoms with E-state index in [9.17, 15) is 4.79 Å². The van der Waals surface area contributed by atoms with Gasteiger partial charge in [-0.2, -0.15) is 5.10 Å². The number of aryl methyl sites for hydroxylation is 1. The lowest BCUT2D eigenvalue weighted by Gasteiger charge is -2.26. The fourth-order valence-electron chi connectivity index (χ4n) is 4.95. The molecule has 1 fully saturated rings. The van der Waals surface area contributed by atoms with Crippen molar-refractivity contribution in [3.05, 3.63) is 71.2 Å². The summed E-state index contributed by atoms with van der Waals surface area (Å²) >= 11 is 0. The smallest absolute Gasteiger partial charge is 0.307 e. The summed E-state index contributed by atoms with van der Waals surface area (Å²) in [5.74, 6) is -0.0891. The van der Waals surface area contributed by atoms with E-state index in [2.05, 4.69) is 41.1 Å². The quantitative estimate of drug-likeness (QED) is 0.316. The molecule has 0 atom stereocenters. The van der Waals surface area contributed by atoms with Crippen LogP contribution >= 0.6 is 0 Å². The molecule has 31 heavy (non-hydrogen) atoms. The van der Waals surface area contributed by atoms with E-state index >= 15 is 0 Å². The molecule has 1 N–H and O–H groups in total. The molecule has 2 aromatic carbocycles. The highest BCUT2D eigenvalue weighted by atomic mass is 16.3. The summed E-state index contributed by atoms with van der Waals surface area (Å²) in [6, 6.07) is 16.5. The maximum Gasteiger partial charge on any atom is 0.307 e. The Hall–Kier alpha value is -3.34. The number of hydrogen-bond acceptors (Lipinski definition) is 3. The van der Waals surface area contributed by atoms with Crippen molar-refractivity contribution in [2.45, 2.75) is 52.0 Å². The number of nitrogens with zero attached hydrogens (tertiary/aromatic N) is 2. The van der Waals surface area contributed by atoms with Crippen LogP contribution in [0.2, 0.25) is 0 Å². The number of nitrogens with one attached hydrogen (secondary N) is 1. The van der Waals surface area contributed by atoms with E-state index in [1.807, 2.05) is 30.3 Å². The molecule has 5 heteroatoms. The number of furan rings is 1. The first kappa shape index (κ1) is 19.6. The average Bonchev–Trinajstić information content (AvgIpc) is 3.35. The van der Waals surface area contributed by atoms with Gasteiger partial charge in [0.05, 0.1) is 6.21 Å². The largest absolute Gasteiger partial charge is 0.451 e. The molecule has 0 aliphatic heterocycles. The molecule has 1 aliphatic rings. The van der Waals surface area contributed by atoms with Crippen molar-refractivity contribution in [3.8, 4) is 0 Å². The Kier molecular flexibility index (Phi) is 5.10. The number of carbonyl (C=O) groups is 1. The standard InChI is InChI=1S/C26H27N3O2/c1-17-14-20(18(2)29(17)21-9-4-3-5-10-21)16-27-28-26(30)25-15-23-22-11-7-6-8-19(22)12-13-24(23)31-25/h6-8,11-16,21H,3-5,9-10H2,1-2H3,(H,28,30). The summed E-state index contributed by atoms with van der Waals surface area (Å²) in [5.41, 5.74) is 6.82. The fraction of sp³-hybridized carbons (Fsp3) is 0.308. The van der Waals surface area contributed by atoms with Gasteiger partial charge in [-0.15, -0.1) is 0 Å². The summed E-state index contributed by atoms with van der Waals surface area (Å²) in [6.45, 7) is 4.28. The van der Waals surface area contributed by atoms with E-state index in [4.69, 9.17) is 4.42 Å². The molecule has 0 radical (unpaired) electrons. The van der Waals surface area contributed by atoms with Crippen LogP contribution < -0.4 is 5.43 Å². The lowest BCUT2D eigenvalue weighted by Crippen LogP contribution is -2.17. The second-order valence-corrected chi connectivity index (χ2v) is 8.50. The molecule has 2 heterocycles. The summed E-state index contributed by atoms with van der Waals surface area (Å²) in [4.78, 5) is 12.6. The average molecular weight is 414 g/mol. The Morgan fingerprint density at radius 3 is 2.71 bits per heavy atom. The molecular formula is C26H27N3O2. The van der Waals surface area contributed by atoms with Crippen LogP contribution in [0, 0.1) is 13.8 Å². The highest BCUT2D eigenvalue weighted by molar-refractivity contribution is 6.08. The minimum Gasteiger partial charge on any atom is -0.451 e. The third-order valence-corrected chi connectivity index (χ3v) is 6.48. The molecule has 2 aromatic heterocycles. The predicted molar refractivity (Wildman–Crippen MR) is 125 cm³/mol. The third-order valence-electron chi connectivity index (χ3n) is 6.48. The van der Waals surface area contributed by atoms with Gasteiger partial charge >= 0.3 is 5.91 Å². The van der Waals surface area contributed by atoms with Crippen molar-refractivity contribution in [1.29, 1.82) is 0 Å². The van der Waals surface area contributed by atoms with Gasteiger partial charge in [0.2, 0.25) is 0 Å². The van der Waals surface area contributed by atoms with Crippen LogP contribution in [-0.4, -0.2) is 16.7 Å². The van der Waals surface area contributed by atoms with E-state index in [0.29, 0.717) is 11.6 Å². The number of aromatic nitrogens is 1. The normalized spacial score (nSPS) is 15.3. The van der Waals surface area contributed by atoms with Gasteiger partial charge in [-0.05, 0) is 55.7 Å². The van der Waals surface area contributed by atoms with E-state index in [-0.39, 0.29) is 11.7 Å². The summed E-state index contributed by atoms with van der Waals surface area (Å²) in [6.07, 6.45) is 8.15. The second-order valence-electron chi connectivity index (χ2n) is 8.50. The monoisotopic (exact) mass is 413 g/mol. The minimum atomic E-state index is -0.349. The molecule has 1 amide bonds. The van der Waals surface area contributed by atoms with Gasteiger partial charge in [-0.1, -0.05) is 49.6 Å². The summed E-state index contributed by atoms with van der Waals surface area (Å²) < 4.78 is 8.21. The van der Waals surface area contributed by atoms with Gasteiger partial charge in [0.1, 0.15) is 5.58 Å². The molecule has 158 valence electrons.